The molecule has 0 radical (unpaired) electrons. The summed E-state index contributed by atoms with van der Waals surface area (Å²) in [4.78, 5) is 11.9. The molecule has 98 valence electrons. The van der Waals surface area contributed by atoms with Crippen molar-refractivity contribution in [2.24, 2.45) is 5.92 Å². The second-order valence-corrected chi connectivity index (χ2v) is 5.32. The summed E-state index contributed by atoms with van der Waals surface area (Å²) in [5.74, 6) is 0.390. The molecule has 0 heterocycles. The first kappa shape index (κ1) is 13.1. The van der Waals surface area contributed by atoms with E-state index in [1.54, 1.807) is 0 Å². The molecule has 2 heteroatoms. The molecule has 1 aromatic rings. The topological polar surface area (TPSA) is 26.3 Å². The van der Waals surface area contributed by atoms with Gasteiger partial charge in [0.1, 0.15) is 0 Å². The number of esters is 1. The van der Waals surface area contributed by atoms with Gasteiger partial charge >= 0.3 is 5.97 Å². The molecule has 0 N–H and O–H groups in total. The van der Waals surface area contributed by atoms with Gasteiger partial charge in [0.25, 0.3) is 0 Å². The van der Waals surface area contributed by atoms with Gasteiger partial charge in [0, 0.05) is 0 Å². The van der Waals surface area contributed by atoms with Gasteiger partial charge < -0.3 is 4.74 Å². The van der Waals surface area contributed by atoms with Crippen LogP contribution in [0.15, 0.2) is 24.3 Å². The Labute approximate surface area is 109 Å². The first-order chi connectivity index (χ1) is 8.75. The van der Waals surface area contributed by atoms with Gasteiger partial charge in [0.05, 0.1) is 12.2 Å². The third kappa shape index (κ3) is 3.86. The molecule has 1 saturated carbocycles. The van der Waals surface area contributed by atoms with Crippen LogP contribution in [0.4, 0.5) is 0 Å². The van der Waals surface area contributed by atoms with E-state index in [-0.39, 0.29) is 5.97 Å². The number of benzene rings is 1. The number of aryl methyl sites for hydroxylation is 1. The molecule has 0 atom stereocenters. The van der Waals surface area contributed by atoms with E-state index in [0.717, 1.165) is 5.56 Å². The summed E-state index contributed by atoms with van der Waals surface area (Å²) in [7, 11) is 0. The predicted molar refractivity (Wildman–Crippen MR) is 72.7 cm³/mol. The minimum Gasteiger partial charge on any atom is -0.462 e. The highest BCUT2D eigenvalue weighted by molar-refractivity contribution is 5.89. The molecule has 2 rings (SSSR count). The summed E-state index contributed by atoms with van der Waals surface area (Å²) in [6.45, 7) is 2.60. The summed E-state index contributed by atoms with van der Waals surface area (Å²) in [5, 5.41) is 0. The summed E-state index contributed by atoms with van der Waals surface area (Å²) < 4.78 is 5.42. The average molecular weight is 246 g/mol. The summed E-state index contributed by atoms with van der Waals surface area (Å²) in [5.41, 5.74) is 1.82. The van der Waals surface area contributed by atoms with E-state index in [4.69, 9.17) is 4.74 Å². The van der Waals surface area contributed by atoms with Crippen molar-refractivity contribution >= 4 is 5.97 Å². The SMILES string of the molecule is Cc1ccc(C(=O)OCC2CCCCCC2)cc1. The maximum atomic E-state index is 11.9. The van der Waals surface area contributed by atoms with Gasteiger partial charge in [-0.15, -0.1) is 0 Å². The molecule has 0 bridgehead atoms. The smallest absolute Gasteiger partial charge is 0.338 e. The molecule has 0 unspecified atom stereocenters. The Bertz CT molecular complexity index is 373. The second-order valence-electron chi connectivity index (χ2n) is 5.32. The van der Waals surface area contributed by atoms with Crippen molar-refractivity contribution in [1.82, 2.24) is 0 Å². The summed E-state index contributed by atoms with van der Waals surface area (Å²) in [6, 6.07) is 7.57. The Hall–Kier alpha value is -1.31. The third-order valence-corrected chi connectivity index (χ3v) is 3.71. The fourth-order valence-corrected chi connectivity index (χ4v) is 2.50. The zero-order valence-electron chi connectivity index (χ0n) is 11.2. The van der Waals surface area contributed by atoms with Crippen LogP contribution in [0.1, 0.15) is 54.4 Å². The van der Waals surface area contributed by atoms with Gasteiger partial charge in [0.15, 0.2) is 0 Å². The van der Waals surface area contributed by atoms with E-state index < -0.39 is 0 Å². The lowest BCUT2D eigenvalue weighted by atomic mass is 10.0. The molecule has 0 spiro atoms. The highest BCUT2D eigenvalue weighted by atomic mass is 16.5. The van der Waals surface area contributed by atoms with Crippen molar-refractivity contribution in [1.29, 1.82) is 0 Å². The molecule has 0 aromatic heterocycles. The van der Waals surface area contributed by atoms with Gasteiger partial charge in [-0.3, -0.25) is 0 Å². The summed E-state index contributed by atoms with van der Waals surface area (Å²) in [6.07, 6.45) is 7.66. The quantitative estimate of drug-likeness (QED) is 0.592. The largest absolute Gasteiger partial charge is 0.462 e. The highest BCUT2D eigenvalue weighted by Crippen LogP contribution is 2.23. The Morgan fingerprint density at radius 3 is 2.33 bits per heavy atom. The number of rotatable bonds is 3. The predicted octanol–water partition coefficient (Wildman–Crippen LogP) is 4.12. The average Bonchev–Trinajstić information content (AvgIpc) is 2.65. The first-order valence-corrected chi connectivity index (χ1v) is 6.99. The van der Waals surface area contributed by atoms with E-state index in [9.17, 15) is 4.79 Å². The maximum absolute atomic E-state index is 11.9. The van der Waals surface area contributed by atoms with Crippen LogP contribution in [0.25, 0.3) is 0 Å². The van der Waals surface area contributed by atoms with Crippen LogP contribution in [0.3, 0.4) is 0 Å². The van der Waals surface area contributed by atoms with E-state index in [0.29, 0.717) is 18.1 Å². The third-order valence-electron chi connectivity index (χ3n) is 3.71. The number of hydrogen-bond acceptors (Lipinski definition) is 2. The molecule has 1 fully saturated rings. The van der Waals surface area contributed by atoms with Gasteiger partial charge in [-0.1, -0.05) is 43.4 Å². The molecule has 1 aliphatic rings. The molecule has 0 saturated heterocycles. The van der Waals surface area contributed by atoms with Crippen molar-refractivity contribution < 1.29 is 9.53 Å². The Balaban J connectivity index is 1.82. The molecule has 18 heavy (non-hydrogen) atoms. The van der Waals surface area contributed by atoms with Gasteiger partial charge in [-0.05, 0) is 37.8 Å². The fourth-order valence-electron chi connectivity index (χ4n) is 2.50. The van der Waals surface area contributed by atoms with Crippen LogP contribution in [0, 0.1) is 12.8 Å². The Kier molecular flexibility index (Phi) is 4.80. The van der Waals surface area contributed by atoms with Crippen molar-refractivity contribution in [2.75, 3.05) is 6.61 Å². The lowest BCUT2D eigenvalue weighted by Gasteiger charge is -2.14. The lowest BCUT2D eigenvalue weighted by Crippen LogP contribution is -2.14. The van der Waals surface area contributed by atoms with Crippen LogP contribution >= 0.6 is 0 Å². The molecule has 1 aromatic carbocycles. The summed E-state index contributed by atoms with van der Waals surface area (Å²) >= 11 is 0. The van der Waals surface area contributed by atoms with E-state index in [1.807, 2.05) is 31.2 Å². The zero-order chi connectivity index (χ0) is 12.8. The Morgan fingerprint density at radius 1 is 1.11 bits per heavy atom. The molecule has 2 nitrogen and oxygen atoms in total. The van der Waals surface area contributed by atoms with Crippen molar-refractivity contribution in [3.63, 3.8) is 0 Å². The van der Waals surface area contributed by atoms with Crippen molar-refractivity contribution in [2.45, 2.75) is 45.4 Å². The minimum atomic E-state index is -0.181. The van der Waals surface area contributed by atoms with Gasteiger partial charge in [-0.2, -0.15) is 0 Å². The lowest BCUT2D eigenvalue weighted by molar-refractivity contribution is 0.0428. The zero-order valence-corrected chi connectivity index (χ0v) is 11.2. The van der Waals surface area contributed by atoms with Crippen LogP contribution in [0.2, 0.25) is 0 Å². The minimum absolute atomic E-state index is 0.181. The Morgan fingerprint density at radius 2 is 1.72 bits per heavy atom. The van der Waals surface area contributed by atoms with Crippen LogP contribution in [-0.2, 0) is 4.74 Å². The van der Waals surface area contributed by atoms with Gasteiger partial charge in [0.2, 0.25) is 0 Å². The van der Waals surface area contributed by atoms with Crippen molar-refractivity contribution in [3.8, 4) is 0 Å². The maximum Gasteiger partial charge on any atom is 0.338 e. The standard InChI is InChI=1S/C16H22O2/c1-13-8-10-15(11-9-13)16(17)18-12-14-6-4-2-3-5-7-14/h8-11,14H,2-7,12H2,1H3. The highest BCUT2D eigenvalue weighted by Gasteiger charge is 2.15. The van der Waals surface area contributed by atoms with Gasteiger partial charge in [-0.25, -0.2) is 4.79 Å². The normalized spacial score (nSPS) is 17.2. The van der Waals surface area contributed by atoms with Crippen LogP contribution in [-0.4, -0.2) is 12.6 Å². The molecular weight excluding hydrogens is 224 g/mol. The number of carbonyl (C=O) groups excluding carboxylic acids is 1. The molecule has 1 aliphatic carbocycles. The molecule has 0 amide bonds. The molecular formula is C16H22O2. The monoisotopic (exact) mass is 246 g/mol. The van der Waals surface area contributed by atoms with E-state index >= 15 is 0 Å². The fraction of sp³-hybridized carbons (Fsp3) is 0.562. The van der Waals surface area contributed by atoms with Crippen molar-refractivity contribution in [3.05, 3.63) is 35.4 Å². The van der Waals surface area contributed by atoms with Crippen LogP contribution in [0.5, 0.6) is 0 Å². The van der Waals surface area contributed by atoms with E-state index in [2.05, 4.69) is 0 Å². The first-order valence-electron chi connectivity index (χ1n) is 6.99. The van der Waals surface area contributed by atoms with Crippen LogP contribution < -0.4 is 0 Å². The van der Waals surface area contributed by atoms with E-state index in [1.165, 1.54) is 38.5 Å². The number of ether oxygens (including phenoxy) is 1. The number of hydrogen-bond donors (Lipinski definition) is 0. The number of carbonyl (C=O) groups is 1. The molecule has 0 aliphatic heterocycles. The second kappa shape index (κ2) is 6.58.